The van der Waals surface area contributed by atoms with Crippen LogP contribution in [0.1, 0.15) is 34.5 Å². The van der Waals surface area contributed by atoms with Gasteiger partial charge in [0.2, 0.25) is 0 Å². The summed E-state index contributed by atoms with van der Waals surface area (Å²) < 4.78 is 0.930. The van der Waals surface area contributed by atoms with Crippen LogP contribution in [-0.2, 0) is 0 Å². The maximum atomic E-state index is 12.4. The van der Waals surface area contributed by atoms with E-state index in [4.69, 9.17) is 0 Å². The predicted molar refractivity (Wildman–Crippen MR) is 75.9 cm³/mol. The Balaban J connectivity index is 2.31. The number of aromatic nitrogens is 1. The molecule has 0 N–H and O–H groups in total. The van der Waals surface area contributed by atoms with Gasteiger partial charge in [-0.1, -0.05) is 22.0 Å². The van der Waals surface area contributed by atoms with Gasteiger partial charge in [0.25, 0.3) is 0 Å². The third kappa shape index (κ3) is 2.85. The van der Waals surface area contributed by atoms with Crippen LogP contribution in [-0.4, -0.2) is 10.8 Å². The van der Waals surface area contributed by atoms with Crippen LogP contribution in [0.15, 0.2) is 47.1 Å². The van der Waals surface area contributed by atoms with E-state index < -0.39 is 0 Å². The highest BCUT2D eigenvalue weighted by Gasteiger charge is 2.18. The minimum Gasteiger partial charge on any atom is -0.293 e. The highest BCUT2D eigenvalue weighted by atomic mass is 79.9. The normalized spacial score (nSPS) is 12.2. The van der Waals surface area contributed by atoms with Gasteiger partial charge in [0.1, 0.15) is 0 Å². The van der Waals surface area contributed by atoms with Crippen molar-refractivity contribution < 1.29 is 4.79 Å². The molecule has 18 heavy (non-hydrogen) atoms. The average Bonchev–Trinajstić information content (AvgIpc) is 2.37. The molecule has 92 valence electrons. The summed E-state index contributed by atoms with van der Waals surface area (Å²) in [6.07, 6.45) is 1.71. The summed E-state index contributed by atoms with van der Waals surface area (Å²) in [6, 6.07) is 11.4. The SMILES string of the molecule is Cc1cc(Br)cc(C(=O)C(C)c2ccccn2)c1. The number of rotatable bonds is 3. The molecule has 1 atom stereocenters. The quantitative estimate of drug-likeness (QED) is 0.798. The minimum atomic E-state index is -0.222. The van der Waals surface area contributed by atoms with Crippen LogP contribution in [0.3, 0.4) is 0 Å². The number of pyridine rings is 1. The molecule has 0 aliphatic heterocycles. The van der Waals surface area contributed by atoms with Crippen LogP contribution in [0.2, 0.25) is 0 Å². The molecule has 0 saturated heterocycles. The van der Waals surface area contributed by atoms with Gasteiger partial charge in [-0.3, -0.25) is 9.78 Å². The first-order chi connectivity index (χ1) is 8.58. The Bertz CT molecular complexity index is 546. The second-order valence-corrected chi connectivity index (χ2v) is 5.27. The largest absolute Gasteiger partial charge is 0.293 e. The number of ketones is 1. The average molecular weight is 304 g/mol. The van der Waals surface area contributed by atoms with Crippen molar-refractivity contribution in [1.82, 2.24) is 4.98 Å². The van der Waals surface area contributed by atoms with Crippen molar-refractivity contribution in [2.24, 2.45) is 0 Å². The molecule has 0 bridgehead atoms. The number of Topliss-reactive ketones (excluding diaryl/α,β-unsaturated/α-hetero) is 1. The van der Waals surface area contributed by atoms with E-state index in [2.05, 4.69) is 20.9 Å². The summed E-state index contributed by atoms with van der Waals surface area (Å²) in [5, 5.41) is 0. The van der Waals surface area contributed by atoms with Crippen molar-refractivity contribution in [3.05, 3.63) is 63.9 Å². The van der Waals surface area contributed by atoms with Crippen molar-refractivity contribution in [3.8, 4) is 0 Å². The Morgan fingerprint density at radius 2 is 2.06 bits per heavy atom. The van der Waals surface area contributed by atoms with E-state index in [1.54, 1.807) is 6.20 Å². The third-order valence-corrected chi connectivity index (χ3v) is 3.31. The number of aryl methyl sites for hydroxylation is 1. The molecule has 3 heteroatoms. The fourth-order valence-corrected chi connectivity index (χ4v) is 2.50. The van der Waals surface area contributed by atoms with Crippen molar-refractivity contribution >= 4 is 21.7 Å². The monoisotopic (exact) mass is 303 g/mol. The summed E-state index contributed by atoms with van der Waals surface area (Å²) in [6.45, 7) is 3.87. The van der Waals surface area contributed by atoms with Gasteiger partial charge in [-0.25, -0.2) is 0 Å². The lowest BCUT2D eigenvalue weighted by molar-refractivity contribution is 0.0964. The molecule has 0 saturated carbocycles. The number of hydrogen-bond acceptors (Lipinski definition) is 2. The van der Waals surface area contributed by atoms with Gasteiger partial charge < -0.3 is 0 Å². The van der Waals surface area contributed by atoms with Gasteiger partial charge in [-0.05, 0) is 49.7 Å². The number of carbonyl (C=O) groups excluding carboxylic acids is 1. The van der Waals surface area contributed by atoms with Gasteiger partial charge in [-0.2, -0.15) is 0 Å². The Kier molecular flexibility index (Phi) is 3.92. The first-order valence-corrected chi connectivity index (χ1v) is 6.59. The van der Waals surface area contributed by atoms with E-state index in [0.717, 1.165) is 21.3 Å². The van der Waals surface area contributed by atoms with E-state index >= 15 is 0 Å². The van der Waals surface area contributed by atoms with Crippen LogP contribution in [0.25, 0.3) is 0 Å². The Labute approximate surface area is 115 Å². The molecule has 0 spiro atoms. The number of benzene rings is 1. The van der Waals surface area contributed by atoms with E-state index in [1.165, 1.54) is 0 Å². The molecule has 2 rings (SSSR count). The lowest BCUT2D eigenvalue weighted by Gasteiger charge is -2.10. The van der Waals surface area contributed by atoms with E-state index in [1.807, 2.05) is 50.2 Å². The van der Waals surface area contributed by atoms with E-state index in [0.29, 0.717) is 0 Å². The standard InChI is InChI=1S/C15H14BrNO/c1-10-7-12(9-13(16)8-10)15(18)11(2)14-5-3-4-6-17-14/h3-9,11H,1-2H3. The highest BCUT2D eigenvalue weighted by Crippen LogP contribution is 2.22. The molecule has 2 aromatic rings. The lowest BCUT2D eigenvalue weighted by atomic mass is 9.95. The lowest BCUT2D eigenvalue weighted by Crippen LogP contribution is -2.11. The maximum Gasteiger partial charge on any atom is 0.171 e. The Morgan fingerprint density at radius 3 is 2.67 bits per heavy atom. The molecule has 0 amide bonds. The van der Waals surface area contributed by atoms with Gasteiger partial charge in [0, 0.05) is 16.2 Å². The molecular formula is C15H14BrNO. The number of carbonyl (C=O) groups is 1. The molecule has 1 aromatic carbocycles. The highest BCUT2D eigenvalue weighted by molar-refractivity contribution is 9.10. The van der Waals surface area contributed by atoms with Gasteiger partial charge in [0.05, 0.1) is 11.6 Å². The number of halogens is 1. The summed E-state index contributed by atoms with van der Waals surface area (Å²) in [5.74, 6) is -0.127. The summed E-state index contributed by atoms with van der Waals surface area (Å²) in [7, 11) is 0. The van der Waals surface area contributed by atoms with Crippen molar-refractivity contribution in [2.75, 3.05) is 0 Å². The summed E-state index contributed by atoms with van der Waals surface area (Å²) in [4.78, 5) is 16.6. The minimum absolute atomic E-state index is 0.0955. The van der Waals surface area contributed by atoms with Gasteiger partial charge >= 0.3 is 0 Å². The molecule has 1 aromatic heterocycles. The zero-order valence-corrected chi connectivity index (χ0v) is 11.9. The van der Waals surface area contributed by atoms with Crippen LogP contribution >= 0.6 is 15.9 Å². The number of nitrogens with zero attached hydrogens (tertiary/aromatic N) is 1. The molecule has 1 heterocycles. The van der Waals surface area contributed by atoms with Crippen molar-refractivity contribution in [3.63, 3.8) is 0 Å². The second kappa shape index (κ2) is 5.44. The first kappa shape index (κ1) is 13.0. The fourth-order valence-electron chi connectivity index (χ4n) is 1.90. The zero-order chi connectivity index (χ0) is 13.1. The number of hydrogen-bond donors (Lipinski definition) is 0. The Hall–Kier alpha value is -1.48. The summed E-state index contributed by atoms with van der Waals surface area (Å²) in [5.41, 5.74) is 2.60. The van der Waals surface area contributed by atoms with E-state index in [9.17, 15) is 4.79 Å². The fraction of sp³-hybridized carbons (Fsp3) is 0.200. The zero-order valence-electron chi connectivity index (χ0n) is 10.4. The smallest absolute Gasteiger partial charge is 0.171 e. The first-order valence-electron chi connectivity index (χ1n) is 5.80. The topological polar surface area (TPSA) is 30.0 Å². The Morgan fingerprint density at radius 1 is 1.28 bits per heavy atom. The molecule has 0 aliphatic carbocycles. The molecule has 0 fully saturated rings. The third-order valence-electron chi connectivity index (χ3n) is 2.85. The van der Waals surface area contributed by atoms with Gasteiger partial charge in [0.15, 0.2) is 5.78 Å². The second-order valence-electron chi connectivity index (χ2n) is 4.36. The molecule has 2 nitrogen and oxygen atoms in total. The van der Waals surface area contributed by atoms with Crippen LogP contribution in [0.5, 0.6) is 0 Å². The van der Waals surface area contributed by atoms with Gasteiger partial charge in [-0.15, -0.1) is 0 Å². The van der Waals surface area contributed by atoms with Crippen molar-refractivity contribution in [1.29, 1.82) is 0 Å². The van der Waals surface area contributed by atoms with Crippen LogP contribution in [0.4, 0.5) is 0 Å². The molecule has 1 unspecified atom stereocenters. The molecule has 0 radical (unpaired) electrons. The maximum absolute atomic E-state index is 12.4. The van der Waals surface area contributed by atoms with Crippen molar-refractivity contribution in [2.45, 2.75) is 19.8 Å². The van der Waals surface area contributed by atoms with E-state index in [-0.39, 0.29) is 11.7 Å². The van der Waals surface area contributed by atoms with Crippen LogP contribution < -0.4 is 0 Å². The predicted octanol–water partition coefficient (Wildman–Crippen LogP) is 4.14. The molecular weight excluding hydrogens is 290 g/mol. The summed E-state index contributed by atoms with van der Waals surface area (Å²) >= 11 is 3.42. The molecule has 0 aliphatic rings. The van der Waals surface area contributed by atoms with Crippen LogP contribution in [0, 0.1) is 6.92 Å².